The number of carboxylic acids is 1. The summed E-state index contributed by atoms with van der Waals surface area (Å²) in [5.74, 6) is -1.54. The van der Waals surface area contributed by atoms with Crippen LogP contribution in [0.25, 0.3) is 0 Å². The lowest BCUT2D eigenvalue weighted by Crippen LogP contribution is -2.19. The summed E-state index contributed by atoms with van der Waals surface area (Å²) in [6, 6.07) is 11.4. The van der Waals surface area contributed by atoms with Crippen molar-refractivity contribution in [1.29, 1.82) is 0 Å². The van der Waals surface area contributed by atoms with Crippen LogP contribution < -0.4 is 10.1 Å². The molecule has 0 aliphatic carbocycles. The van der Waals surface area contributed by atoms with E-state index in [0.717, 1.165) is 6.07 Å². The third kappa shape index (κ3) is 6.99. The molecule has 2 aromatic rings. The number of benzene rings is 2. The molecule has 2 N–H and O–H groups in total. The summed E-state index contributed by atoms with van der Waals surface area (Å²) >= 11 is 0. The topological polar surface area (TPSA) is 58.6 Å². The van der Waals surface area contributed by atoms with Crippen LogP contribution in [0.2, 0.25) is 0 Å². The minimum absolute atomic E-state index is 0.116. The normalized spacial score (nSPS) is 10.4. The molecule has 0 saturated heterocycles. The van der Waals surface area contributed by atoms with Gasteiger partial charge in [0.15, 0.2) is 6.61 Å². The van der Waals surface area contributed by atoms with E-state index in [9.17, 15) is 22.4 Å². The van der Waals surface area contributed by atoms with Gasteiger partial charge in [0.05, 0.1) is 11.3 Å². The molecule has 4 nitrogen and oxygen atoms in total. The summed E-state index contributed by atoms with van der Waals surface area (Å²) in [7, 11) is 1.69. The van der Waals surface area contributed by atoms with Crippen molar-refractivity contribution >= 4 is 11.7 Å². The quantitative estimate of drug-likeness (QED) is 0.816. The number of alkyl halides is 3. The van der Waals surface area contributed by atoms with Crippen molar-refractivity contribution < 1.29 is 32.2 Å². The molecule has 0 bridgehead atoms. The number of aromatic carboxylic acids is 1. The van der Waals surface area contributed by atoms with Gasteiger partial charge in [-0.15, -0.1) is 0 Å². The van der Waals surface area contributed by atoms with Crippen LogP contribution >= 0.6 is 0 Å². The van der Waals surface area contributed by atoms with E-state index in [4.69, 9.17) is 5.11 Å². The van der Waals surface area contributed by atoms with Crippen molar-refractivity contribution in [3.05, 3.63) is 59.9 Å². The van der Waals surface area contributed by atoms with Gasteiger partial charge in [0.2, 0.25) is 0 Å². The third-order valence-electron chi connectivity index (χ3n) is 2.63. The van der Waals surface area contributed by atoms with Crippen molar-refractivity contribution in [2.75, 3.05) is 19.0 Å². The van der Waals surface area contributed by atoms with Crippen molar-refractivity contribution in [2.24, 2.45) is 0 Å². The second kappa shape index (κ2) is 8.76. The zero-order valence-corrected chi connectivity index (χ0v) is 12.6. The fourth-order valence-corrected chi connectivity index (χ4v) is 1.55. The van der Waals surface area contributed by atoms with Crippen LogP contribution in [0.3, 0.4) is 0 Å². The van der Waals surface area contributed by atoms with Gasteiger partial charge in [0.1, 0.15) is 11.6 Å². The van der Waals surface area contributed by atoms with Crippen LogP contribution in [0.1, 0.15) is 10.4 Å². The van der Waals surface area contributed by atoms with Gasteiger partial charge in [-0.3, -0.25) is 0 Å². The standard InChI is InChI=1S/C9H7F3O3.C7H8FN/c10-9(11,12)5-15-7-3-1-2-6(4-7)8(13)14;1-9-7-5-3-2-4-6(7)8/h1-4H,5H2,(H,13,14);2-5,9H,1H3. The Kier molecular flexibility index (Phi) is 7.03. The highest BCUT2D eigenvalue weighted by atomic mass is 19.4. The lowest BCUT2D eigenvalue weighted by molar-refractivity contribution is -0.153. The molecule has 0 unspecified atom stereocenters. The van der Waals surface area contributed by atoms with Crippen LogP contribution in [0, 0.1) is 5.82 Å². The first-order valence-electron chi connectivity index (χ1n) is 6.68. The summed E-state index contributed by atoms with van der Waals surface area (Å²) in [5, 5.41) is 11.3. The first-order chi connectivity index (χ1) is 11.2. The lowest BCUT2D eigenvalue weighted by Gasteiger charge is -2.09. The Morgan fingerprint density at radius 1 is 1.17 bits per heavy atom. The highest BCUT2D eigenvalue weighted by Crippen LogP contribution is 2.19. The number of ether oxygens (including phenoxy) is 1. The molecule has 0 spiro atoms. The number of anilines is 1. The number of carbonyl (C=O) groups is 1. The molecule has 0 amide bonds. The van der Waals surface area contributed by atoms with Crippen molar-refractivity contribution in [3.8, 4) is 5.75 Å². The number of nitrogens with one attached hydrogen (secondary N) is 1. The van der Waals surface area contributed by atoms with Crippen LogP contribution in [-0.4, -0.2) is 30.9 Å². The van der Waals surface area contributed by atoms with E-state index < -0.39 is 18.8 Å². The molecule has 0 aliphatic rings. The molecule has 0 heterocycles. The first kappa shape index (κ1) is 19.3. The van der Waals surface area contributed by atoms with Gasteiger partial charge in [-0.25, -0.2) is 9.18 Å². The Morgan fingerprint density at radius 3 is 2.33 bits per heavy atom. The fraction of sp³-hybridized carbons (Fsp3) is 0.188. The van der Waals surface area contributed by atoms with E-state index in [0.29, 0.717) is 5.69 Å². The number of carboxylic acid groups (broad SMARTS) is 1. The summed E-state index contributed by atoms with van der Waals surface area (Å²) in [6.45, 7) is -1.43. The Hall–Kier alpha value is -2.77. The molecule has 0 fully saturated rings. The summed E-state index contributed by atoms with van der Waals surface area (Å²) in [5.41, 5.74) is 0.423. The predicted octanol–water partition coefficient (Wildman–Crippen LogP) is 4.19. The minimum atomic E-state index is -4.43. The molecule has 2 aromatic carbocycles. The average Bonchev–Trinajstić information content (AvgIpc) is 2.54. The highest BCUT2D eigenvalue weighted by Gasteiger charge is 2.28. The average molecular weight is 345 g/mol. The number of hydrogen-bond acceptors (Lipinski definition) is 3. The summed E-state index contributed by atoms with van der Waals surface area (Å²) < 4.78 is 52.2. The molecule has 0 radical (unpaired) electrons. The van der Waals surface area contributed by atoms with Gasteiger partial charge in [0.25, 0.3) is 0 Å². The van der Waals surface area contributed by atoms with Crippen molar-refractivity contribution in [1.82, 2.24) is 0 Å². The van der Waals surface area contributed by atoms with E-state index in [-0.39, 0.29) is 17.1 Å². The van der Waals surface area contributed by atoms with Gasteiger partial charge < -0.3 is 15.2 Å². The van der Waals surface area contributed by atoms with Gasteiger partial charge in [0, 0.05) is 7.05 Å². The number of halogens is 4. The molecule has 130 valence electrons. The molecule has 2 rings (SSSR count). The maximum atomic E-state index is 12.5. The van der Waals surface area contributed by atoms with Crippen molar-refractivity contribution in [3.63, 3.8) is 0 Å². The van der Waals surface area contributed by atoms with Crippen molar-refractivity contribution in [2.45, 2.75) is 6.18 Å². The largest absolute Gasteiger partial charge is 0.484 e. The van der Waals surface area contributed by atoms with Crippen LogP contribution in [0.5, 0.6) is 5.75 Å². The van der Waals surface area contributed by atoms with E-state index >= 15 is 0 Å². The Balaban J connectivity index is 0.000000272. The van der Waals surface area contributed by atoms with E-state index in [1.807, 2.05) is 0 Å². The maximum Gasteiger partial charge on any atom is 0.422 e. The number of rotatable bonds is 4. The summed E-state index contributed by atoms with van der Waals surface area (Å²) in [4.78, 5) is 10.5. The highest BCUT2D eigenvalue weighted by molar-refractivity contribution is 5.87. The Morgan fingerprint density at radius 2 is 1.83 bits per heavy atom. The van der Waals surface area contributed by atoms with Gasteiger partial charge in [-0.2, -0.15) is 13.2 Å². The minimum Gasteiger partial charge on any atom is -0.484 e. The monoisotopic (exact) mass is 345 g/mol. The molecule has 0 aliphatic heterocycles. The second-order valence-electron chi connectivity index (χ2n) is 4.47. The Labute approximate surface area is 135 Å². The molecule has 0 atom stereocenters. The third-order valence-corrected chi connectivity index (χ3v) is 2.63. The SMILES string of the molecule is CNc1ccccc1F.O=C(O)c1cccc(OCC(F)(F)F)c1. The van der Waals surface area contributed by atoms with E-state index in [1.54, 1.807) is 25.2 Å². The fourth-order valence-electron chi connectivity index (χ4n) is 1.55. The van der Waals surface area contributed by atoms with Crippen LogP contribution in [-0.2, 0) is 0 Å². The second-order valence-corrected chi connectivity index (χ2v) is 4.47. The maximum absolute atomic E-state index is 12.5. The summed E-state index contributed by atoms with van der Waals surface area (Å²) in [6.07, 6.45) is -4.43. The van der Waals surface area contributed by atoms with Gasteiger partial charge in [-0.1, -0.05) is 18.2 Å². The van der Waals surface area contributed by atoms with E-state index in [2.05, 4.69) is 10.1 Å². The van der Waals surface area contributed by atoms with Gasteiger partial charge >= 0.3 is 12.1 Å². The smallest absolute Gasteiger partial charge is 0.422 e. The van der Waals surface area contributed by atoms with Gasteiger partial charge in [-0.05, 0) is 30.3 Å². The van der Waals surface area contributed by atoms with Crippen LogP contribution in [0.15, 0.2) is 48.5 Å². The first-order valence-corrected chi connectivity index (χ1v) is 6.68. The molecule has 0 saturated carbocycles. The molecule has 0 aromatic heterocycles. The predicted molar refractivity (Wildman–Crippen MR) is 80.9 cm³/mol. The van der Waals surface area contributed by atoms with Crippen LogP contribution in [0.4, 0.5) is 23.2 Å². The molecule has 24 heavy (non-hydrogen) atoms. The zero-order valence-electron chi connectivity index (χ0n) is 12.6. The number of para-hydroxylation sites is 1. The lowest BCUT2D eigenvalue weighted by atomic mass is 10.2. The molecular formula is C16H15F4NO3. The van der Waals surface area contributed by atoms with E-state index in [1.165, 1.54) is 24.3 Å². The Bertz CT molecular complexity index is 674. The zero-order chi connectivity index (χ0) is 18.2. The molecule has 8 heteroatoms. The molecular weight excluding hydrogens is 330 g/mol. The number of hydrogen-bond donors (Lipinski definition) is 2.